The van der Waals surface area contributed by atoms with Gasteiger partial charge in [0.25, 0.3) is 0 Å². The maximum absolute atomic E-state index is 6.22. The number of rotatable bonds is 7. The van der Waals surface area contributed by atoms with Gasteiger partial charge in [0, 0.05) is 32.7 Å². The van der Waals surface area contributed by atoms with Crippen LogP contribution in [0.5, 0.6) is 0 Å². The van der Waals surface area contributed by atoms with Crippen molar-refractivity contribution >= 4 is 61.5 Å². The number of hydrogen-bond acceptors (Lipinski definition) is 4. The number of benzene rings is 4. The van der Waals surface area contributed by atoms with Gasteiger partial charge in [-0.25, -0.2) is 0 Å². The van der Waals surface area contributed by atoms with E-state index >= 15 is 0 Å². The summed E-state index contributed by atoms with van der Waals surface area (Å²) in [6.07, 6.45) is 10.1. The van der Waals surface area contributed by atoms with Gasteiger partial charge in [0.15, 0.2) is 0 Å². The minimum Gasteiger partial charge on any atom is -0.399 e. The normalized spacial score (nSPS) is 15.6. The van der Waals surface area contributed by atoms with E-state index in [2.05, 4.69) is 162 Å². The molecule has 3 nitrogen and oxygen atoms in total. The van der Waals surface area contributed by atoms with Crippen LogP contribution in [0.1, 0.15) is 45.7 Å². The van der Waals surface area contributed by atoms with Gasteiger partial charge < -0.3 is 14.2 Å². The molecule has 224 valence electrons. The van der Waals surface area contributed by atoms with E-state index in [-0.39, 0.29) is 18.3 Å². The first-order valence-electron chi connectivity index (χ1n) is 15.2. The molecule has 44 heavy (non-hydrogen) atoms. The van der Waals surface area contributed by atoms with Gasteiger partial charge in [0.1, 0.15) is 0 Å². The number of thiophene rings is 1. The molecule has 1 aliphatic heterocycles. The topological polar surface area (TPSA) is 21.7 Å². The highest BCUT2D eigenvalue weighted by atomic mass is 32.1. The molecule has 1 fully saturated rings. The maximum atomic E-state index is 6.22. The lowest BCUT2D eigenvalue weighted by Gasteiger charge is -2.32. The monoisotopic (exact) mass is 599 g/mol. The standard InChI is InChI=1S/C22H23BO2S.C17H19N/c1-6-7-8-15-9-11-19-17(13-15)18-14-16(10-12-20(18)26-19)23-24-21(2,3)22(4,5)25-23;1-3-4-14-18(16-11-6-5-7-12-16)17-13-9-8-10-15(17)2/h6-14H,1H2,2-5H3;3-13H,14H2,1-2H3/b8-7+;4-3-. The number of allylic oxidation sites excluding steroid dienone is 3. The number of anilines is 2. The van der Waals surface area contributed by atoms with Crippen LogP contribution >= 0.6 is 11.3 Å². The SMILES string of the molecule is C/C=C\CN(c1ccccc1)c1ccccc1C.C=C/C=C/c1ccc2sc3ccc(B4OC(C)(C)C(C)(C)O4)cc3c2c1. The van der Waals surface area contributed by atoms with Crippen LogP contribution in [-0.2, 0) is 9.31 Å². The Balaban J connectivity index is 0.000000187. The Hall–Kier alpha value is -3.90. The minimum absolute atomic E-state index is 0.327. The summed E-state index contributed by atoms with van der Waals surface area (Å²) in [6, 6.07) is 32.1. The van der Waals surface area contributed by atoms with Crippen molar-refractivity contribution in [3.05, 3.63) is 133 Å². The second-order valence-electron chi connectivity index (χ2n) is 12.1. The van der Waals surface area contributed by atoms with Crippen LogP contribution in [-0.4, -0.2) is 24.9 Å². The Morgan fingerprint density at radius 2 is 1.45 bits per heavy atom. The summed E-state index contributed by atoms with van der Waals surface area (Å²) in [5.41, 5.74) is 5.39. The first kappa shape index (κ1) is 31.5. The highest BCUT2D eigenvalue weighted by Crippen LogP contribution is 2.38. The molecule has 0 unspecified atom stereocenters. The number of aryl methyl sites for hydroxylation is 1. The fraction of sp³-hybridized carbons (Fsp3) is 0.231. The van der Waals surface area contributed by atoms with Crippen LogP contribution in [0.2, 0.25) is 0 Å². The van der Waals surface area contributed by atoms with Crippen LogP contribution < -0.4 is 10.4 Å². The molecule has 0 saturated carbocycles. The predicted octanol–water partition coefficient (Wildman–Crippen LogP) is 10.3. The van der Waals surface area contributed by atoms with Crippen molar-refractivity contribution in [2.45, 2.75) is 52.7 Å². The summed E-state index contributed by atoms with van der Waals surface area (Å²) in [5.74, 6) is 0. The Labute approximate surface area is 267 Å². The first-order valence-corrected chi connectivity index (χ1v) is 16.1. The Bertz CT molecular complexity index is 1790. The second-order valence-corrected chi connectivity index (χ2v) is 13.2. The molecule has 4 aromatic carbocycles. The molecule has 1 aromatic heterocycles. The molecule has 0 N–H and O–H groups in total. The predicted molar refractivity (Wildman–Crippen MR) is 194 cm³/mol. The zero-order chi connectivity index (χ0) is 31.3. The van der Waals surface area contributed by atoms with Crippen LogP contribution in [0, 0.1) is 6.92 Å². The fourth-order valence-electron chi connectivity index (χ4n) is 5.25. The van der Waals surface area contributed by atoms with Gasteiger partial charge in [0.05, 0.1) is 11.2 Å². The van der Waals surface area contributed by atoms with Crippen molar-refractivity contribution in [1.29, 1.82) is 0 Å². The summed E-state index contributed by atoms with van der Waals surface area (Å²) in [7, 11) is -0.330. The maximum Gasteiger partial charge on any atom is 0.494 e. The van der Waals surface area contributed by atoms with Crippen molar-refractivity contribution in [3.8, 4) is 0 Å². The summed E-state index contributed by atoms with van der Waals surface area (Å²) < 4.78 is 15.0. The lowest BCUT2D eigenvalue weighted by Crippen LogP contribution is -2.41. The average Bonchev–Trinajstić information content (AvgIpc) is 3.49. The Kier molecular flexibility index (Phi) is 9.60. The van der Waals surface area contributed by atoms with Gasteiger partial charge in [-0.2, -0.15) is 0 Å². The van der Waals surface area contributed by atoms with Gasteiger partial charge in [-0.1, -0.05) is 91.6 Å². The third kappa shape index (κ3) is 6.76. The Morgan fingerprint density at radius 1 is 0.818 bits per heavy atom. The lowest BCUT2D eigenvalue weighted by atomic mass is 9.78. The molecule has 0 bridgehead atoms. The van der Waals surface area contributed by atoms with E-state index in [1.165, 1.54) is 42.7 Å². The third-order valence-corrected chi connectivity index (χ3v) is 9.62. The molecule has 1 saturated heterocycles. The first-order chi connectivity index (χ1) is 21.1. The molecule has 0 radical (unpaired) electrons. The summed E-state index contributed by atoms with van der Waals surface area (Å²) >= 11 is 1.82. The van der Waals surface area contributed by atoms with Gasteiger partial charge in [0.2, 0.25) is 0 Å². The molecule has 5 aromatic rings. The minimum atomic E-state index is -0.330. The highest BCUT2D eigenvalue weighted by Gasteiger charge is 2.51. The van der Waals surface area contributed by atoms with E-state index in [1.54, 1.807) is 6.08 Å². The van der Waals surface area contributed by atoms with Gasteiger partial charge in [-0.15, -0.1) is 11.3 Å². The van der Waals surface area contributed by atoms with Gasteiger partial charge >= 0.3 is 7.12 Å². The number of fused-ring (bicyclic) bond motifs is 3. The molecule has 0 spiro atoms. The van der Waals surface area contributed by atoms with Crippen LogP contribution in [0.25, 0.3) is 26.2 Å². The van der Waals surface area contributed by atoms with Gasteiger partial charge in [-0.3, -0.25) is 0 Å². The van der Waals surface area contributed by atoms with E-state index in [9.17, 15) is 0 Å². The molecular formula is C39H42BNO2S. The molecule has 0 aliphatic carbocycles. The van der Waals surface area contributed by atoms with Gasteiger partial charge in [-0.05, 0) is 99.9 Å². The second kappa shape index (κ2) is 13.4. The van der Waals surface area contributed by atoms with E-state index < -0.39 is 0 Å². The summed E-state index contributed by atoms with van der Waals surface area (Å²) in [4.78, 5) is 2.33. The molecule has 5 heteroatoms. The fourth-order valence-corrected chi connectivity index (χ4v) is 6.32. The van der Waals surface area contributed by atoms with Crippen molar-refractivity contribution < 1.29 is 9.31 Å². The third-order valence-electron chi connectivity index (χ3n) is 8.47. The van der Waals surface area contributed by atoms with Crippen molar-refractivity contribution in [1.82, 2.24) is 0 Å². The molecule has 2 heterocycles. The van der Waals surface area contributed by atoms with Crippen molar-refractivity contribution in [3.63, 3.8) is 0 Å². The lowest BCUT2D eigenvalue weighted by molar-refractivity contribution is 0.00578. The van der Waals surface area contributed by atoms with E-state index in [1.807, 2.05) is 17.4 Å². The summed E-state index contributed by atoms with van der Waals surface area (Å²) in [5, 5.41) is 2.53. The quantitative estimate of drug-likeness (QED) is 0.106. The van der Waals surface area contributed by atoms with E-state index in [4.69, 9.17) is 9.31 Å². The van der Waals surface area contributed by atoms with Crippen LogP contribution in [0.3, 0.4) is 0 Å². The molecule has 6 rings (SSSR count). The van der Waals surface area contributed by atoms with E-state index in [0.717, 1.165) is 12.0 Å². The van der Waals surface area contributed by atoms with E-state index in [0.29, 0.717) is 0 Å². The largest absolute Gasteiger partial charge is 0.494 e. The Morgan fingerprint density at radius 3 is 2.11 bits per heavy atom. The van der Waals surface area contributed by atoms with Crippen LogP contribution in [0.15, 0.2) is 122 Å². The molecule has 0 atom stereocenters. The molecule has 1 aliphatic rings. The number of para-hydroxylation sites is 2. The zero-order valence-electron chi connectivity index (χ0n) is 26.7. The average molecular weight is 600 g/mol. The summed E-state index contributed by atoms with van der Waals surface area (Å²) in [6.45, 7) is 17.2. The zero-order valence-corrected chi connectivity index (χ0v) is 27.5. The highest BCUT2D eigenvalue weighted by molar-refractivity contribution is 7.25. The number of nitrogens with zero attached hydrogens (tertiary/aromatic N) is 1. The molecular weight excluding hydrogens is 557 g/mol. The van der Waals surface area contributed by atoms with Crippen molar-refractivity contribution in [2.75, 3.05) is 11.4 Å². The smallest absolute Gasteiger partial charge is 0.399 e. The van der Waals surface area contributed by atoms with Crippen molar-refractivity contribution in [2.24, 2.45) is 0 Å². The molecule has 0 amide bonds. The van der Waals surface area contributed by atoms with Crippen LogP contribution in [0.4, 0.5) is 11.4 Å². The number of hydrogen-bond donors (Lipinski definition) is 0.